The Hall–Kier alpha value is -0.400. The zero-order valence-corrected chi connectivity index (χ0v) is 10.4. The van der Waals surface area contributed by atoms with E-state index in [1.54, 1.807) is 24.3 Å². The van der Waals surface area contributed by atoms with Gasteiger partial charge in [-0.15, -0.1) is 0 Å². The first-order chi connectivity index (χ1) is 6.08. The zero-order chi connectivity index (χ0) is 9.73. The minimum Gasteiger partial charge on any atom is -0.730 e. The third-order valence-electron chi connectivity index (χ3n) is 1.18. The predicted octanol–water partition coefficient (Wildman–Crippen LogP) is -2.93. The molecule has 0 radical (unpaired) electrons. The second-order valence-electron chi connectivity index (χ2n) is 2.21. The average molecular weight is 222 g/mol. The molecule has 0 heterocycles. The van der Waals surface area contributed by atoms with Crippen molar-refractivity contribution in [1.82, 2.24) is 4.83 Å². The monoisotopic (exact) mass is 222 g/mol. The Labute approximate surface area is 104 Å². The molecule has 0 spiro atoms. The van der Waals surface area contributed by atoms with Gasteiger partial charge in [0.15, 0.2) is 10.3 Å². The van der Waals surface area contributed by atoms with Crippen molar-refractivity contribution in [2.45, 2.75) is 0 Å². The Balaban J connectivity index is 0.00000169. The molecule has 0 atom stereocenters. The molecule has 1 aromatic rings. The van der Waals surface area contributed by atoms with E-state index < -0.39 is 10.3 Å². The van der Waals surface area contributed by atoms with Crippen LogP contribution in [-0.4, -0.2) is 19.2 Å². The van der Waals surface area contributed by atoms with E-state index in [-0.39, 0.29) is 29.6 Å². The van der Waals surface area contributed by atoms with E-state index in [4.69, 9.17) is 0 Å². The average Bonchev–Trinajstić information content (AvgIpc) is 2.04. The van der Waals surface area contributed by atoms with Crippen molar-refractivity contribution in [3.63, 3.8) is 0 Å². The molecule has 0 saturated heterocycles. The molecule has 0 aliphatic heterocycles. The third kappa shape index (κ3) is 6.11. The van der Waals surface area contributed by atoms with Gasteiger partial charge in [0.2, 0.25) is 0 Å². The molecule has 0 aliphatic rings. The fourth-order valence-corrected chi connectivity index (χ4v) is 0.886. The van der Waals surface area contributed by atoms with Gasteiger partial charge in [-0.05, 0) is 5.56 Å². The minimum absolute atomic E-state index is 0. The van der Waals surface area contributed by atoms with Gasteiger partial charge in [0.25, 0.3) is 0 Å². The summed E-state index contributed by atoms with van der Waals surface area (Å²) < 4.78 is 30.1. The Morgan fingerprint density at radius 3 is 2.36 bits per heavy atom. The van der Waals surface area contributed by atoms with E-state index in [2.05, 4.69) is 5.10 Å². The molecule has 0 fully saturated rings. The fourth-order valence-electron chi connectivity index (χ4n) is 0.705. The van der Waals surface area contributed by atoms with Gasteiger partial charge in [0.1, 0.15) is 0 Å². The molecule has 0 bridgehead atoms. The summed E-state index contributed by atoms with van der Waals surface area (Å²) in [6, 6.07) is 8.81. The van der Waals surface area contributed by atoms with E-state index in [1.165, 1.54) is 11.0 Å². The normalized spacial score (nSPS) is 10.9. The predicted molar refractivity (Wildman–Crippen MR) is 46.9 cm³/mol. The van der Waals surface area contributed by atoms with E-state index in [0.29, 0.717) is 5.56 Å². The van der Waals surface area contributed by atoms with Gasteiger partial charge in [0, 0.05) is 0 Å². The number of hydrogen-bond donors (Lipinski definition) is 1. The molecule has 1 N–H and O–H groups in total. The maximum atomic E-state index is 10.0. The van der Waals surface area contributed by atoms with Crippen LogP contribution >= 0.6 is 0 Å². The molecule has 1 rings (SSSR count). The number of rotatable bonds is 3. The van der Waals surface area contributed by atoms with Gasteiger partial charge in [-0.3, -0.25) is 0 Å². The van der Waals surface area contributed by atoms with E-state index in [0.717, 1.165) is 0 Å². The van der Waals surface area contributed by atoms with E-state index in [1.807, 2.05) is 6.07 Å². The summed E-state index contributed by atoms with van der Waals surface area (Å²) in [6.45, 7) is 0. The largest absolute Gasteiger partial charge is 1.00 e. The topological polar surface area (TPSA) is 81.6 Å². The van der Waals surface area contributed by atoms with Crippen LogP contribution < -0.4 is 34.4 Å². The molecule has 0 aliphatic carbocycles. The van der Waals surface area contributed by atoms with Gasteiger partial charge in [-0.25, -0.2) is 13.2 Å². The molecular weight excluding hydrogens is 215 g/mol. The Bertz CT molecular complexity index is 391. The summed E-state index contributed by atoms with van der Waals surface area (Å²) in [5.41, 5.74) is 0.707. The molecule has 5 nitrogen and oxygen atoms in total. The van der Waals surface area contributed by atoms with Crippen LogP contribution in [0.15, 0.2) is 35.4 Å². The van der Waals surface area contributed by atoms with Gasteiger partial charge in [-0.1, -0.05) is 30.3 Å². The molecule has 0 saturated carbocycles. The van der Waals surface area contributed by atoms with Gasteiger partial charge in [-0.2, -0.15) is 5.10 Å². The van der Waals surface area contributed by atoms with Crippen LogP contribution in [0, 0.1) is 0 Å². The molecule has 0 unspecified atom stereocenters. The number of nitrogens with one attached hydrogen (secondary N) is 1. The van der Waals surface area contributed by atoms with Crippen LogP contribution in [0.25, 0.3) is 0 Å². The maximum absolute atomic E-state index is 10.0. The number of benzene rings is 1. The Morgan fingerprint density at radius 1 is 1.29 bits per heavy atom. The Morgan fingerprint density at radius 2 is 1.86 bits per heavy atom. The van der Waals surface area contributed by atoms with Crippen LogP contribution in [0.2, 0.25) is 0 Å². The van der Waals surface area contributed by atoms with Crippen molar-refractivity contribution in [3.05, 3.63) is 35.9 Å². The molecular formula is C7H7N2NaO3S. The molecule has 14 heavy (non-hydrogen) atoms. The SMILES string of the molecule is O=S(=O)([O-])N/N=C\c1ccccc1.[Na+]. The van der Waals surface area contributed by atoms with Gasteiger partial charge < -0.3 is 4.55 Å². The fraction of sp³-hybridized carbons (Fsp3) is 0. The van der Waals surface area contributed by atoms with Gasteiger partial charge >= 0.3 is 29.6 Å². The van der Waals surface area contributed by atoms with Crippen LogP contribution in [0.3, 0.4) is 0 Å². The first-order valence-corrected chi connectivity index (χ1v) is 4.79. The second-order valence-corrected chi connectivity index (χ2v) is 3.31. The summed E-state index contributed by atoms with van der Waals surface area (Å²) in [6.07, 6.45) is 1.25. The minimum atomic E-state index is -4.49. The summed E-state index contributed by atoms with van der Waals surface area (Å²) in [5.74, 6) is 0. The standard InChI is InChI=1S/C7H8N2O3S.Na/c10-13(11,12)9-8-6-7-4-2-1-3-5-7;/h1-6,9H,(H,10,11,12);/q;+1/p-1/b8-6-;. The van der Waals surface area contributed by atoms with Crippen molar-refractivity contribution >= 4 is 16.5 Å². The quantitative estimate of drug-likeness (QED) is 0.257. The third-order valence-corrected chi connectivity index (χ3v) is 1.51. The number of hydrazone groups is 1. The van der Waals surface area contributed by atoms with Crippen molar-refractivity contribution < 1.29 is 42.5 Å². The van der Waals surface area contributed by atoms with Crippen LogP contribution in [-0.2, 0) is 10.3 Å². The zero-order valence-electron chi connectivity index (χ0n) is 7.54. The summed E-state index contributed by atoms with van der Waals surface area (Å²) >= 11 is 0. The molecule has 7 heteroatoms. The molecule has 0 amide bonds. The van der Waals surface area contributed by atoms with Gasteiger partial charge in [0.05, 0.1) is 6.21 Å². The number of nitrogens with zero attached hydrogens (tertiary/aromatic N) is 1. The van der Waals surface area contributed by atoms with Crippen LogP contribution in [0.5, 0.6) is 0 Å². The second kappa shape index (κ2) is 6.15. The van der Waals surface area contributed by atoms with E-state index >= 15 is 0 Å². The molecule has 70 valence electrons. The van der Waals surface area contributed by atoms with Crippen molar-refractivity contribution in [2.75, 3.05) is 0 Å². The van der Waals surface area contributed by atoms with Crippen molar-refractivity contribution in [3.8, 4) is 0 Å². The smallest absolute Gasteiger partial charge is 0.730 e. The maximum Gasteiger partial charge on any atom is 1.00 e. The molecule has 1 aromatic carbocycles. The van der Waals surface area contributed by atoms with Crippen LogP contribution in [0.4, 0.5) is 0 Å². The van der Waals surface area contributed by atoms with Crippen LogP contribution in [0.1, 0.15) is 5.56 Å². The Kier molecular flexibility index (Phi) is 5.98. The van der Waals surface area contributed by atoms with Crippen molar-refractivity contribution in [2.24, 2.45) is 5.10 Å². The van der Waals surface area contributed by atoms with E-state index in [9.17, 15) is 13.0 Å². The first kappa shape index (κ1) is 13.6. The first-order valence-electron chi connectivity index (χ1n) is 3.39. The number of hydrogen-bond acceptors (Lipinski definition) is 4. The summed E-state index contributed by atoms with van der Waals surface area (Å²) in [7, 11) is -4.49. The summed E-state index contributed by atoms with van der Waals surface area (Å²) in [5, 5.41) is 3.24. The van der Waals surface area contributed by atoms with Crippen molar-refractivity contribution in [1.29, 1.82) is 0 Å². The molecule has 0 aromatic heterocycles. The summed E-state index contributed by atoms with van der Waals surface area (Å²) in [4.78, 5) is 1.46.